The zero-order valence-electron chi connectivity index (χ0n) is 19.2. The summed E-state index contributed by atoms with van der Waals surface area (Å²) in [5.74, 6) is -4.06. The van der Waals surface area contributed by atoms with Crippen molar-refractivity contribution in [1.82, 2.24) is 10.6 Å². The summed E-state index contributed by atoms with van der Waals surface area (Å²) < 4.78 is 44.3. The van der Waals surface area contributed by atoms with E-state index in [0.29, 0.717) is 21.4 Å². The number of alkyl halides is 3. The highest BCUT2D eigenvalue weighted by Gasteiger charge is 2.45. The minimum absolute atomic E-state index is 0.0560. The lowest BCUT2D eigenvalue weighted by atomic mass is 9.97. The number of hydrogen-bond donors (Lipinski definition) is 2. The molecule has 2 aromatic carbocycles. The number of hydrogen-bond acceptors (Lipinski definition) is 4. The third-order valence-corrected chi connectivity index (χ3v) is 5.52. The number of ketones is 1. The molecule has 0 saturated carbocycles. The molecule has 2 atom stereocenters. The number of halogens is 5. The van der Waals surface area contributed by atoms with Crippen LogP contribution in [0.4, 0.5) is 13.2 Å². The number of methoxy groups -OCH3 is 1. The number of carbonyl (C=O) groups excluding carboxylic acids is 3. The van der Waals surface area contributed by atoms with Crippen LogP contribution in [0.15, 0.2) is 42.5 Å². The first-order valence-electron chi connectivity index (χ1n) is 10.6. The van der Waals surface area contributed by atoms with Crippen LogP contribution in [0.3, 0.4) is 0 Å². The van der Waals surface area contributed by atoms with Crippen molar-refractivity contribution in [3.63, 3.8) is 0 Å². The van der Waals surface area contributed by atoms with Gasteiger partial charge in [0.05, 0.1) is 13.2 Å². The molecule has 0 aromatic heterocycles. The van der Waals surface area contributed by atoms with E-state index in [-0.39, 0.29) is 18.4 Å². The van der Waals surface area contributed by atoms with Gasteiger partial charge in [-0.25, -0.2) is 0 Å². The number of rotatable bonds is 10. The molecule has 2 N–H and O–H groups in total. The maximum atomic E-state index is 13.1. The average molecular weight is 533 g/mol. The maximum Gasteiger partial charge on any atom is 0.452 e. The summed E-state index contributed by atoms with van der Waals surface area (Å²) in [6.07, 6.45) is -4.94. The van der Waals surface area contributed by atoms with Crippen LogP contribution in [0.2, 0.25) is 10.0 Å². The topological polar surface area (TPSA) is 84.5 Å². The molecular formula is C24H25Cl2F3N2O4. The Labute approximate surface area is 211 Å². The lowest BCUT2D eigenvalue weighted by molar-refractivity contribution is -0.175. The van der Waals surface area contributed by atoms with Gasteiger partial charge in [-0.05, 0) is 53.8 Å². The second-order valence-electron chi connectivity index (χ2n) is 8.15. The number of nitrogens with one attached hydrogen (secondary N) is 2. The lowest BCUT2D eigenvalue weighted by Gasteiger charge is -2.26. The Kier molecular flexibility index (Phi) is 9.97. The predicted molar refractivity (Wildman–Crippen MR) is 126 cm³/mol. The Morgan fingerprint density at radius 2 is 1.63 bits per heavy atom. The van der Waals surface area contributed by atoms with Crippen molar-refractivity contribution < 1.29 is 32.3 Å². The van der Waals surface area contributed by atoms with Crippen LogP contribution in [-0.2, 0) is 20.8 Å². The first-order valence-corrected chi connectivity index (χ1v) is 11.4. The summed E-state index contributed by atoms with van der Waals surface area (Å²) in [7, 11) is 1.40. The van der Waals surface area contributed by atoms with Gasteiger partial charge in [-0.2, -0.15) is 13.2 Å². The molecule has 35 heavy (non-hydrogen) atoms. The number of carbonyl (C=O) groups is 3. The van der Waals surface area contributed by atoms with Crippen molar-refractivity contribution >= 4 is 40.8 Å². The van der Waals surface area contributed by atoms with Crippen LogP contribution in [0, 0.1) is 5.92 Å². The summed E-state index contributed by atoms with van der Waals surface area (Å²) >= 11 is 11.9. The van der Waals surface area contributed by atoms with Crippen LogP contribution in [0.1, 0.15) is 37.4 Å². The third-order valence-electron chi connectivity index (χ3n) is 5.08. The molecule has 190 valence electrons. The molecule has 0 bridgehead atoms. The Bertz CT molecular complexity index is 1060. The monoisotopic (exact) mass is 532 g/mol. The molecule has 0 spiro atoms. The van der Waals surface area contributed by atoms with E-state index in [0.717, 1.165) is 0 Å². The van der Waals surface area contributed by atoms with Gasteiger partial charge < -0.3 is 15.4 Å². The van der Waals surface area contributed by atoms with Crippen molar-refractivity contribution in [2.45, 2.75) is 44.9 Å². The Morgan fingerprint density at radius 1 is 1.00 bits per heavy atom. The SMILES string of the molecule is COc1cccc([C@H](NC(=O)CCc2cc(Cl)cc(Cl)c2)C(=O)N[C@H](C(=O)C(F)(F)F)C(C)C)c1. The molecule has 2 amide bonds. The first kappa shape index (κ1) is 28.5. The number of benzene rings is 2. The van der Waals surface area contributed by atoms with E-state index in [1.807, 2.05) is 0 Å². The Morgan fingerprint density at radius 3 is 2.17 bits per heavy atom. The highest BCUT2D eigenvalue weighted by atomic mass is 35.5. The lowest BCUT2D eigenvalue weighted by Crippen LogP contribution is -2.52. The van der Waals surface area contributed by atoms with Crippen molar-refractivity contribution in [3.8, 4) is 5.75 Å². The minimum Gasteiger partial charge on any atom is -0.497 e. The van der Waals surface area contributed by atoms with Gasteiger partial charge in [0.25, 0.3) is 5.78 Å². The normalized spacial score (nSPS) is 13.2. The van der Waals surface area contributed by atoms with E-state index in [1.54, 1.807) is 30.3 Å². The molecule has 0 aliphatic heterocycles. The van der Waals surface area contributed by atoms with E-state index >= 15 is 0 Å². The van der Waals surface area contributed by atoms with Crippen molar-refractivity contribution in [3.05, 3.63) is 63.6 Å². The largest absolute Gasteiger partial charge is 0.497 e. The van der Waals surface area contributed by atoms with Gasteiger partial charge in [0.15, 0.2) is 0 Å². The Balaban J connectivity index is 2.26. The van der Waals surface area contributed by atoms with Crippen LogP contribution in [-0.4, -0.2) is 36.9 Å². The number of Topliss-reactive ketones (excluding diaryl/α,β-unsaturated/α-hetero) is 1. The zero-order valence-corrected chi connectivity index (χ0v) is 20.7. The molecular weight excluding hydrogens is 508 g/mol. The highest BCUT2D eigenvalue weighted by molar-refractivity contribution is 6.34. The van der Waals surface area contributed by atoms with Gasteiger partial charge in [-0.1, -0.05) is 49.2 Å². The quantitative estimate of drug-likeness (QED) is 0.447. The molecule has 0 unspecified atom stereocenters. The fourth-order valence-corrected chi connectivity index (χ4v) is 3.89. The molecule has 0 aliphatic rings. The van der Waals surface area contributed by atoms with Gasteiger partial charge in [0.2, 0.25) is 11.8 Å². The van der Waals surface area contributed by atoms with Crippen molar-refractivity contribution in [2.24, 2.45) is 5.92 Å². The second kappa shape index (κ2) is 12.3. The van der Waals surface area contributed by atoms with Crippen LogP contribution in [0.25, 0.3) is 0 Å². The van der Waals surface area contributed by atoms with Gasteiger partial charge in [-0.15, -0.1) is 0 Å². The molecule has 11 heteroatoms. The fraction of sp³-hybridized carbons (Fsp3) is 0.375. The summed E-state index contributed by atoms with van der Waals surface area (Å²) in [5.41, 5.74) is 0.957. The van der Waals surface area contributed by atoms with Gasteiger partial charge in [0, 0.05) is 16.5 Å². The minimum atomic E-state index is -5.13. The molecule has 0 radical (unpaired) electrons. The molecule has 0 aliphatic carbocycles. The third kappa shape index (κ3) is 8.43. The molecule has 2 aromatic rings. The van der Waals surface area contributed by atoms with E-state index in [1.165, 1.54) is 33.1 Å². The van der Waals surface area contributed by atoms with Crippen LogP contribution < -0.4 is 15.4 Å². The number of amides is 2. The van der Waals surface area contributed by atoms with Crippen LogP contribution >= 0.6 is 23.2 Å². The first-order chi connectivity index (χ1) is 16.3. The van der Waals surface area contributed by atoms with Crippen molar-refractivity contribution in [1.29, 1.82) is 0 Å². The van der Waals surface area contributed by atoms with Crippen molar-refractivity contribution in [2.75, 3.05) is 7.11 Å². The number of ether oxygens (including phenoxy) is 1. The second-order valence-corrected chi connectivity index (χ2v) is 9.02. The summed E-state index contributed by atoms with van der Waals surface area (Å²) in [6.45, 7) is 2.76. The molecule has 0 heterocycles. The summed E-state index contributed by atoms with van der Waals surface area (Å²) in [5, 5.41) is 5.49. The maximum absolute atomic E-state index is 13.1. The molecule has 2 rings (SSSR count). The summed E-state index contributed by atoms with van der Waals surface area (Å²) in [4.78, 5) is 37.6. The molecule has 6 nitrogen and oxygen atoms in total. The average Bonchev–Trinajstić information content (AvgIpc) is 2.77. The fourth-order valence-electron chi connectivity index (χ4n) is 3.32. The number of aryl methyl sites for hydroxylation is 1. The van der Waals surface area contributed by atoms with E-state index in [4.69, 9.17) is 27.9 Å². The summed E-state index contributed by atoms with van der Waals surface area (Å²) in [6, 6.07) is 7.79. The van der Waals surface area contributed by atoms with Gasteiger partial charge in [-0.3, -0.25) is 14.4 Å². The molecule has 0 fully saturated rings. The Hall–Kier alpha value is -2.78. The van der Waals surface area contributed by atoms with Gasteiger partial charge in [0.1, 0.15) is 11.8 Å². The predicted octanol–water partition coefficient (Wildman–Crippen LogP) is 5.06. The zero-order chi connectivity index (χ0) is 26.3. The highest BCUT2D eigenvalue weighted by Crippen LogP contribution is 2.24. The smallest absolute Gasteiger partial charge is 0.452 e. The van der Waals surface area contributed by atoms with E-state index < -0.39 is 41.8 Å². The van der Waals surface area contributed by atoms with Crippen LogP contribution in [0.5, 0.6) is 5.75 Å². The molecule has 0 saturated heterocycles. The van der Waals surface area contributed by atoms with E-state index in [2.05, 4.69) is 10.6 Å². The van der Waals surface area contributed by atoms with E-state index in [9.17, 15) is 27.6 Å². The standard InChI is InChI=1S/C24H25Cl2F3N2O4/c1-13(2)20(22(33)24(27,28)29)31-23(34)21(15-5-4-6-18(11-15)35-3)30-19(32)8-7-14-9-16(25)12-17(26)10-14/h4-6,9-13,20-21H,7-8H2,1-3H3,(H,30,32)(H,31,34)/t20-,21-/m0/s1. The van der Waals surface area contributed by atoms with Gasteiger partial charge >= 0.3 is 6.18 Å².